The standard InChI is InChI=1S/C24H34N2O2/c1-15(2)21(22(27)25-14-17-6-4-16(3)5-7-17)26-23(28)24-11-18-8-19(12-24)10-20(9-18)13-24/h4-7,15,18-21H,8-14H2,1-3H3,(H,25,27)(H,26,28). The summed E-state index contributed by atoms with van der Waals surface area (Å²) >= 11 is 0. The minimum absolute atomic E-state index is 0.0656. The Morgan fingerprint density at radius 3 is 2.04 bits per heavy atom. The van der Waals surface area contributed by atoms with Gasteiger partial charge in [0, 0.05) is 12.0 Å². The van der Waals surface area contributed by atoms with E-state index in [9.17, 15) is 9.59 Å². The van der Waals surface area contributed by atoms with Gasteiger partial charge in [-0.3, -0.25) is 9.59 Å². The van der Waals surface area contributed by atoms with Crippen molar-refractivity contribution in [2.45, 2.75) is 71.9 Å². The van der Waals surface area contributed by atoms with Crippen LogP contribution in [0.15, 0.2) is 24.3 Å². The van der Waals surface area contributed by atoms with Crippen LogP contribution in [0.4, 0.5) is 0 Å². The molecular weight excluding hydrogens is 348 g/mol. The molecule has 2 amide bonds. The highest BCUT2D eigenvalue weighted by molar-refractivity contribution is 5.90. The quantitative estimate of drug-likeness (QED) is 0.782. The van der Waals surface area contributed by atoms with E-state index < -0.39 is 6.04 Å². The number of rotatable bonds is 6. The fourth-order valence-corrected chi connectivity index (χ4v) is 6.22. The molecule has 0 spiro atoms. The Balaban J connectivity index is 1.39. The average Bonchev–Trinajstić information content (AvgIpc) is 2.64. The van der Waals surface area contributed by atoms with Gasteiger partial charge in [0.1, 0.15) is 6.04 Å². The fourth-order valence-electron chi connectivity index (χ4n) is 6.22. The van der Waals surface area contributed by atoms with Crippen LogP contribution < -0.4 is 10.6 Å². The molecule has 4 bridgehead atoms. The second-order valence-electron chi connectivity index (χ2n) is 10.1. The van der Waals surface area contributed by atoms with Gasteiger partial charge in [0.15, 0.2) is 0 Å². The smallest absolute Gasteiger partial charge is 0.243 e. The third-order valence-corrected chi connectivity index (χ3v) is 7.34. The van der Waals surface area contributed by atoms with Gasteiger partial charge in [-0.05, 0) is 74.7 Å². The summed E-state index contributed by atoms with van der Waals surface area (Å²) in [5, 5.41) is 6.19. The van der Waals surface area contributed by atoms with E-state index >= 15 is 0 Å². The molecule has 5 rings (SSSR count). The zero-order valence-electron chi connectivity index (χ0n) is 17.5. The molecule has 152 valence electrons. The van der Waals surface area contributed by atoms with Gasteiger partial charge in [0.05, 0.1) is 0 Å². The summed E-state index contributed by atoms with van der Waals surface area (Å²) < 4.78 is 0. The van der Waals surface area contributed by atoms with Crippen molar-refractivity contribution in [1.29, 1.82) is 0 Å². The summed E-state index contributed by atoms with van der Waals surface area (Å²) in [6.07, 6.45) is 7.04. The molecule has 0 aromatic heterocycles. The van der Waals surface area contributed by atoms with Crippen LogP contribution in [0.2, 0.25) is 0 Å². The molecule has 1 atom stereocenters. The van der Waals surface area contributed by atoms with Gasteiger partial charge in [-0.15, -0.1) is 0 Å². The number of amides is 2. The minimum Gasteiger partial charge on any atom is -0.350 e. The van der Waals surface area contributed by atoms with Crippen LogP contribution in [0.3, 0.4) is 0 Å². The Kier molecular flexibility index (Phi) is 5.24. The maximum Gasteiger partial charge on any atom is 0.243 e. The molecule has 28 heavy (non-hydrogen) atoms. The summed E-state index contributed by atoms with van der Waals surface area (Å²) in [5.41, 5.74) is 2.07. The second-order valence-corrected chi connectivity index (χ2v) is 10.1. The summed E-state index contributed by atoms with van der Waals surface area (Å²) in [4.78, 5) is 26.2. The minimum atomic E-state index is -0.467. The van der Waals surface area contributed by atoms with Gasteiger partial charge in [-0.1, -0.05) is 43.7 Å². The Bertz CT molecular complexity index is 702. The molecule has 4 fully saturated rings. The lowest BCUT2D eigenvalue weighted by molar-refractivity contribution is -0.149. The van der Waals surface area contributed by atoms with E-state index in [2.05, 4.69) is 29.7 Å². The van der Waals surface area contributed by atoms with Crippen molar-refractivity contribution in [3.63, 3.8) is 0 Å². The number of aryl methyl sites for hydroxylation is 1. The molecule has 1 aromatic carbocycles. The molecule has 4 aliphatic rings. The van der Waals surface area contributed by atoms with Crippen LogP contribution in [0.1, 0.15) is 63.5 Å². The van der Waals surface area contributed by atoms with Crippen LogP contribution in [-0.4, -0.2) is 17.9 Å². The first-order chi connectivity index (χ1) is 13.3. The summed E-state index contributed by atoms with van der Waals surface area (Å²) in [6, 6.07) is 7.71. The first kappa shape index (κ1) is 19.5. The van der Waals surface area contributed by atoms with Gasteiger partial charge in [0.2, 0.25) is 11.8 Å². The summed E-state index contributed by atoms with van der Waals surface area (Å²) in [6.45, 7) is 6.57. The lowest BCUT2D eigenvalue weighted by Crippen LogP contribution is -2.58. The van der Waals surface area contributed by atoms with Gasteiger partial charge < -0.3 is 10.6 Å². The molecule has 1 aromatic rings. The van der Waals surface area contributed by atoms with Crippen molar-refractivity contribution < 1.29 is 9.59 Å². The number of nitrogens with one attached hydrogen (secondary N) is 2. The number of hydrogen-bond donors (Lipinski definition) is 2. The van der Waals surface area contributed by atoms with E-state index in [1.165, 1.54) is 24.8 Å². The van der Waals surface area contributed by atoms with Crippen LogP contribution in [0.5, 0.6) is 0 Å². The molecule has 4 nitrogen and oxygen atoms in total. The van der Waals surface area contributed by atoms with Gasteiger partial charge in [0.25, 0.3) is 0 Å². The maximum absolute atomic E-state index is 13.3. The highest BCUT2D eigenvalue weighted by atomic mass is 16.2. The number of benzene rings is 1. The lowest BCUT2D eigenvalue weighted by atomic mass is 9.49. The molecule has 0 radical (unpaired) electrons. The van der Waals surface area contributed by atoms with Crippen molar-refractivity contribution in [1.82, 2.24) is 10.6 Å². The van der Waals surface area contributed by atoms with Crippen LogP contribution in [0.25, 0.3) is 0 Å². The molecule has 0 heterocycles. The monoisotopic (exact) mass is 382 g/mol. The van der Waals surface area contributed by atoms with Crippen LogP contribution in [0, 0.1) is 36.0 Å². The average molecular weight is 383 g/mol. The van der Waals surface area contributed by atoms with E-state index in [0.717, 1.165) is 42.6 Å². The van der Waals surface area contributed by atoms with Gasteiger partial charge in [-0.25, -0.2) is 0 Å². The zero-order valence-corrected chi connectivity index (χ0v) is 17.5. The predicted octanol–water partition coefficient (Wildman–Crippen LogP) is 3.97. The van der Waals surface area contributed by atoms with Crippen LogP contribution >= 0.6 is 0 Å². The molecule has 0 aliphatic heterocycles. The molecule has 4 aliphatic carbocycles. The normalized spacial score (nSPS) is 31.6. The number of carbonyl (C=O) groups excluding carboxylic acids is 2. The van der Waals surface area contributed by atoms with Crippen molar-refractivity contribution >= 4 is 11.8 Å². The van der Waals surface area contributed by atoms with Crippen molar-refractivity contribution in [3.05, 3.63) is 35.4 Å². The van der Waals surface area contributed by atoms with E-state index in [1.54, 1.807) is 0 Å². The molecule has 4 heteroatoms. The fraction of sp³-hybridized carbons (Fsp3) is 0.667. The summed E-state index contributed by atoms with van der Waals surface area (Å²) in [5.74, 6) is 2.31. The topological polar surface area (TPSA) is 58.2 Å². The van der Waals surface area contributed by atoms with Crippen molar-refractivity contribution in [2.24, 2.45) is 29.1 Å². The molecular formula is C24H34N2O2. The Morgan fingerprint density at radius 1 is 1.00 bits per heavy atom. The number of hydrogen-bond acceptors (Lipinski definition) is 2. The highest BCUT2D eigenvalue weighted by Gasteiger charge is 2.55. The molecule has 2 N–H and O–H groups in total. The Morgan fingerprint density at radius 2 is 1.54 bits per heavy atom. The molecule has 1 unspecified atom stereocenters. The first-order valence-electron chi connectivity index (χ1n) is 11.0. The lowest BCUT2D eigenvalue weighted by Gasteiger charge is -2.55. The van der Waals surface area contributed by atoms with Gasteiger partial charge >= 0.3 is 0 Å². The van der Waals surface area contributed by atoms with E-state index in [0.29, 0.717) is 6.54 Å². The second kappa shape index (κ2) is 7.53. The maximum atomic E-state index is 13.3. The molecule has 0 saturated heterocycles. The van der Waals surface area contributed by atoms with E-state index in [-0.39, 0.29) is 23.1 Å². The highest BCUT2D eigenvalue weighted by Crippen LogP contribution is 2.60. The Labute approximate surface area is 168 Å². The SMILES string of the molecule is Cc1ccc(CNC(=O)C(NC(=O)C23CC4CC(CC(C4)C2)C3)C(C)C)cc1. The van der Waals surface area contributed by atoms with E-state index in [4.69, 9.17) is 0 Å². The number of carbonyl (C=O) groups is 2. The third kappa shape index (κ3) is 3.83. The first-order valence-corrected chi connectivity index (χ1v) is 11.0. The van der Waals surface area contributed by atoms with Crippen molar-refractivity contribution in [2.75, 3.05) is 0 Å². The van der Waals surface area contributed by atoms with Crippen LogP contribution in [-0.2, 0) is 16.1 Å². The zero-order chi connectivity index (χ0) is 19.9. The largest absolute Gasteiger partial charge is 0.350 e. The van der Waals surface area contributed by atoms with Crippen molar-refractivity contribution in [3.8, 4) is 0 Å². The van der Waals surface area contributed by atoms with Gasteiger partial charge in [-0.2, -0.15) is 0 Å². The molecule has 4 saturated carbocycles. The van der Waals surface area contributed by atoms with E-state index in [1.807, 2.05) is 26.0 Å². The summed E-state index contributed by atoms with van der Waals surface area (Å²) in [7, 11) is 0. The Hall–Kier alpha value is -1.84. The third-order valence-electron chi connectivity index (χ3n) is 7.34. The predicted molar refractivity (Wildman–Crippen MR) is 110 cm³/mol.